The molecular formula is C13H8Cl4N2O3. The lowest BCUT2D eigenvalue weighted by molar-refractivity contribution is -0.119. The molecule has 1 atom stereocenters. The number of imide groups is 1. The van der Waals surface area contributed by atoms with Crippen molar-refractivity contribution in [2.24, 2.45) is 5.92 Å². The second-order valence-electron chi connectivity index (χ2n) is 5.10. The van der Waals surface area contributed by atoms with Crippen molar-refractivity contribution in [3.63, 3.8) is 0 Å². The van der Waals surface area contributed by atoms with E-state index in [2.05, 4.69) is 5.32 Å². The minimum atomic E-state index is -0.579. The summed E-state index contributed by atoms with van der Waals surface area (Å²) >= 11 is 23.9. The number of carbonyl (C=O) groups is 3. The highest BCUT2D eigenvalue weighted by Crippen LogP contribution is 2.44. The van der Waals surface area contributed by atoms with Gasteiger partial charge in [-0.25, -0.2) is 0 Å². The van der Waals surface area contributed by atoms with Crippen molar-refractivity contribution < 1.29 is 14.4 Å². The molecule has 0 aromatic heterocycles. The van der Waals surface area contributed by atoms with Crippen LogP contribution in [0.1, 0.15) is 27.1 Å². The molecule has 3 rings (SSSR count). The summed E-state index contributed by atoms with van der Waals surface area (Å²) < 4.78 is 0. The van der Waals surface area contributed by atoms with Gasteiger partial charge in [0.2, 0.25) is 5.91 Å². The van der Waals surface area contributed by atoms with Crippen molar-refractivity contribution >= 4 is 64.1 Å². The fraction of sp³-hybridized carbons (Fsp3) is 0.308. The highest BCUT2D eigenvalue weighted by atomic mass is 35.5. The molecule has 1 aromatic carbocycles. The van der Waals surface area contributed by atoms with Crippen molar-refractivity contribution in [3.8, 4) is 0 Å². The Kier molecular flexibility index (Phi) is 4.01. The van der Waals surface area contributed by atoms with Gasteiger partial charge in [-0.1, -0.05) is 46.4 Å². The van der Waals surface area contributed by atoms with E-state index < -0.39 is 11.8 Å². The monoisotopic (exact) mass is 380 g/mol. The van der Waals surface area contributed by atoms with Gasteiger partial charge in [-0.3, -0.25) is 19.3 Å². The Balaban J connectivity index is 2.00. The molecule has 1 aromatic rings. The molecule has 0 radical (unpaired) electrons. The van der Waals surface area contributed by atoms with Gasteiger partial charge in [0.05, 0.1) is 31.2 Å². The van der Waals surface area contributed by atoms with Crippen molar-refractivity contribution in [1.82, 2.24) is 10.2 Å². The maximum atomic E-state index is 12.5. The highest BCUT2D eigenvalue weighted by molar-refractivity contribution is 6.55. The lowest BCUT2D eigenvalue weighted by Crippen LogP contribution is -2.35. The summed E-state index contributed by atoms with van der Waals surface area (Å²) in [5, 5.41) is 2.35. The number of fused-ring (bicyclic) bond motifs is 1. The van der Waals surface area contributed by atoms with Crippen LogP contribution in [0.2, 0.25) is 20.1 Å². The molecule has 1 saturated heterocycles. The number of amides is 3. The van der Waals surface area contributed by atoms with E-state index in [9.17, 15) is 14.4 Å². The predicted octanol–water partition coefficient (Wildman–Crippen LogP) is 3.03. The quantitative estimate of drug-likeness (QED) is 0.486. The Morgan fingerprint density at radius 1 is 0.909 bits per heavy atom. The zero-order chi connectivity index (χ0) is 16.2. The van der Waals surface area contributed by atoms with Gasteiger partial charge in [-0.2, -0.15) is 0 Å². The molecule has 3 amide bonds. The standard InChI is InChI=1S/C13H8Cl4N2O3/c14-8-6-7(9(15)11(17)10(8)16)13(22)19(12(6)21)3-4-1-5(20)18-2-4/h4H,1-3H2,(H,18,20). The van der Waals surface area contributed by atoms with E-state index in [-0.39, 0.29) is 56.0 Å². The molecule has 0 bridgehead atoms. The molecule has 116 valence electrons. The van der Waals surface area contributed by atoms with E-state index >= 15 is 0 Å². The molecule has 2 heterocycles. The topological polar surface area (TPSA) is 66.5 Å². The van der Waals surface area contributed by atoms with Gasteiger partial charge in [-0.05, 0) is 0 Å². The Labute approximate surface area is 145 Å². The van der Waals surface area contributed by atoms with Gasteiger partial charge in [0.1, 0.15) is 0 Å². The molecule has 2 aliphatic heterocycles. The third kappa shape index (κ3) is 2.27. The van der Waals surface area contributed by atoms with Gasteiger partial charge in [-0.15, -0.1) is 0 Å². The highest BCUT2D eigenvalue weighted by Gasteiger charge is 2.42. The van der Waals surface area contributed by atoms with Crippen LogP contribution < -0.4 is 5.32 Å². The average Bonchev–Trinajstić information content (AvgIpc) is 2.99. The summed E-state index contributed by atoms with van der Waals surface area (Å²) in [5.74, 6) is -1.41. The molecule has 1 unspecified atom stereocenters. The summed E-state index contributed by atoms with van der Waals surface area (Å²) in [4.78, 5) is 37.2. The molecule has 22 heavy (non-hydrogen) atoms. The van der Waals surface area contributed by atoms with Crippen LogP contribution in [0.15, 0.2) is 0 Å². The minimum Gasteiger partial charge on any atom is -0.356 e. The zero-order valence-electron chi connectivity index (χ0n) is 10.9. The second kappa shape index (κ2) is 5.57. The van der Waals surface area contributed by atoms with Crippen LogP contribution in [-0.4, -0.2) is 35.7 Å². The van der Waals surface area contributed by atoms with Crippen molar-refractivity contribution in [2.45, 2.75) is 6.42 Å². The first kappa shape index (κ1) is 15.9. The summed E-state index contributed by atoms with van der Waals surface area (Å²) in [7, 11) is 0. The van der Waals surface area contributed by atoms with Crippen LogP contribution in [0.3, 0.4) is 0 Å². The number of carbonyl (C=O) groups excluding carboxylic acids is 3. The van der Waals surface area contributed by atoms with Crippen molar-refractivity contribution in [3.05, 3.63) is 31.2 Å². The van der Waals surface area contributed by atoms with Crippen molar-refractivity contribution in [1.29, 1.82) is 0 Å². The maximum absolute atomic E-state index is 12.5. The molecule has 5 nitrogen and oxygen atoms in total. The SMILES string of the molecule is O=C1CC(CN2C(=O)c3c(Cl)c(Cl)c(Cl)c(Cl)c3C2=O)CN1. The van der Waals surface area contributed by atoms with E-state index in [1.54, 1.807) is 0 Å². The zero-order valence-corrected chi connectivity index (χ0v) is 13.9. The maximum Gasteiger partial charge on any atom is 0.263 e. The molecule has 0 spiro atoms. The lowest BCUT2D eigenvalue weighted by Gasteiger charge is -2.17. The predicted molar refractivity (Wildman–Crippen MR) is 83.0 cm³/mol. The van der Waals surface area contributed by atoms with Gasteiger partial charge < -0.3 is 5.32 Å². The molecule has 2 aliphatic rings. The second-order valence-corrected chi connectivity index (χ2v) is 6.61. The average molecular weight is 382 g/mol. The van der Waals surface area contributed by atoms with E-state index in [0.29, 0.717) is 6.54 Å². The lowest BCUT2D eigenvalue weighted by atomic mass is 10.1. The Bertz CT molecular complexity index is 688. The van der Waals surface area contributed by atoms with Crippen LogP contribution in [-0.2, 0) is 4.79 Å². The first-order chi connectivity index (χ1) is 10.3. The van der Waals surface area contributed by atoms with Crippen molar-refractivity contribution in [2.75, 3.05) is 13.1 Å². The third-order valence-corrected chi connectivity index (χ3v) is 5.49. The number of rotatable bonds is 2. The summed E-state index contributed by atoms with van der Waals surface area (Å²) in [6.07, 6.45) is 0.260. The van der Waals surface area contributed by atoms with E-state index in [1.165, 1.54) is 0 Å². The third-order valence-electron chi connectivity index (χ3n) is 3.69. The number of hydrogen-bond donors (Lipinski definition) is 1. The van der Waals surface area contributed by atoms with Gasteiger partial charge in [0.25, 0.3) is 11.8 Å². The number of benzene rings is 1. The fourth-order valence-electron chi connectivity index (χ4n) is 2.61. The number of nitrogens with zero attached hydrogens (tertiary/aromatic N) is 1. The first-order valence-electron chi connectivity index (χ1n) is 6.31. The molecule has 1 N–H and O–H groups in total. The Hall–Kier alpha value is -1.01. The molecule has 9 heteroatoms. The number of halogens is 4. The van der Waals surface area contributed by atoms with Crippen LogP contribution in [0.25, 0.3) is 0 Å². The molecule has 0 saturated carbocycles. The molecular weight excluding hydrogens is 374 g/mol. The smallest absolute Gasteiger partial charge is 0.263 e. The van der Waals surface area contributed by atoms with Gasteiger partial charge in [0.15, 0.2) is 0 Å². The van der Waals surface area contributed by atoms with Gasteiger partial charge >= 0.3 is 0 Å². The normalized spacial score (nSPS) is 20.6. The van der Waals surface area contributed by atoms with Gasteiger partial charge in [0, 0.05) is 25.4 Å². The summed E-state index contributed by atoms with van der Waals surface area (Å²) in [5.41, 5.74) is -0.0771. The van der Waals surface area contributed by atoms with Crippen LogP contribution in [0, 0.1) is 5.92 Å². The van der Waals surface area contributed by atoms with E-state index in [0.717, 1.165) is 4.90 Å². The van der Waals surface area contributed by atoms with Crippen LogP contribution in [0.5, 0.6) is 0 Å². The Morgan fingerprint density at radius 3 is 1.82 bits per heavy atom. The number of hydrogen-bond acceptors (Lipinski definition) is 3. The first-order valence-corrected chi connectivity index (χ1v) is 7.83. The van der Waals surface area contributed by atoms with E-state index in [4.69, 9.17) is 46.4 Å². The molecule has 0 aliphatic carbocycles. The minimum absolute atomic E-state index is 0.0386. The molecule has 1 fully saturated rings. The summed E-state index contributed by atoms with van der Waals surface area (Å²) in [6, 6.07) is 0. The largest absolute Gasteiger partial charge is 0.356 e. The Morgan fingerprint density at radius 2 is 1.41 bits per heavy atom. The van der Waals surface area contributed by atoms with E-state index in [1.807, 2.05) is 0 Å². The fourth-order valence-corrected chi connectivity index (χ4v) is 3.63. The van der Waals surface area contributed by atoms with Crippen LogP contribution >= 0.6 is 46.4 Å². The number of nitrogens with one attached hydrogen (secondary N) is 1. The van der Waals surface area contributed by atoms with Crippen LogP contribution in [0.4, 0.5) is 0 Å². The summed E-state index contributed by atoms with van der Waals surface area (Å²) in [6.45, 7) is 0.516.